The lowest BCUT2D eigenvalue weighted by Crippen LogP contribution is -2.43. The van der Waals surface area contributed by atoms with Crippen molar-refractivity contribution in [1.29, 1.82) is 0 Å². The average Bonchev–Trinajstić information content (AvgIpc) is 3.30. The molecule has 0 spiro atoms. The Hall–Kier alpha value is -1.30. The van der Waals surface area contributed by atoms with Gasteiger partial charge in [-0.05, 0) is 57.4 Å². The fourth-order valence-electron chi connectivity index (χ4n) is 5.13. The second kappa shape index (κ2) is 9.76. The third-order valence-electron chi connectivity index (χ3n) is 6.57. The summed E-state index contributed by atoms with van der Waals surface area (Å²) in [4.78, 5) is 23.8. The minimum absolute atomic E-state index is 0.0823. The van der Waals surface area contributed by atoms with Crippen LogP contribution in [-0.4, -0.2) is 86.0 Å². The number of carbonyl (C=O) groups excluding carboxylic acids is 1. The number of amides is 1. The minimum Gasteiger partial charge on any atom is -0.357 e. The topological polar surface area (TPSA) is 51.2 Å². The van der Waals surface area contributed by atoms with Crippen molar-refractivity contribution in [2.75, 3.05) is 53.4 Å². The highest BCUT2D eigenvalue weighted by molar-refractivity contribution is 5.81. The molecule has 6 nitrogen and oxygen atoms in total. The van der Waals surface area contributed by atoms with Crippen LogP contribution >= 0.6 is 0 Å². The van der Waals surface area contributed by atoms with Crippen molar-refractivity contribution in [2.45, 2.75) is 57.9 Å². The highest BCUT2D eigenvalue weighted by Crippen LogP contribution is 2.35. The molecule has 3 atom stereocenters. The largest absolute Gasteiger partial charge is 0.357 e. The Kier molecular flexibility index (Phi) is 7.39. The van der Waals surface area contributed by atoms with Gasteiger partial charge in [0.2, 0.25) is 5.91 Å². The lowest BCUT2D eigenvalue weighted by Gasteiger charge is -2.26. The summed E-state index contributed by atoms with van der Waals surface area (Å²) in [7, 11) is 3.72. The van der Waals surface area contributed by atoms with Crippen LogP contribution in [0.15, 0.2) is 4.99 Å². The number of hydrogen-bond donors (Lipinski definition) is 1. The van der Waals surface area contributed by atoms with E-state index < -0.39 is 0 Å². The fraction of sp³-hybridized carbons (Fsp3) is 0.905. The molecule has 3 aliphatic rings. The zero-order chi connectivity index (χ0) is 19.2. The molecule has 0 radical (unpaired) electrons. The van der Waals surface area contributed by atoms with E-state index in [0.717, 1.165) is 63.2 Å². The SMILES string of the molecule is CCNC(=NCCCN1CCCC1C(=O)N(C)C)N1CC2CCCCC2C1. The van der Waals surface area contributed by atoms with E-state index in [0.29, 0.717) is 0 Å². The summed E-state index contributed by atoms with van der Waals surface area (Å²) >= 11 is 0. The molecule has 0 bridgehead atoms. The first kappa shape index (κ1) is 20.4. The summed E-state index contributed by atoms with van der Waals surface area (Å²) in [6.45, 7) is 8.30. The molecule has 1 aliphatic carbocycles. The van der Waals surface area contributed by atoms with Crippen LogP contribution in [-0.2, 0) is 4.79 Å². The van der Waals surface area contributed by atoms with E-state index in [1.165, 1.54) is 38.8 Å². The number of hydrogen-bond acceptors (Lipinski definition) is 3. The van der Waals surface area contributed by atoms with E-state index in [2.05, 4.69) is 22.0 Å². The maximum atomic E-state index is 12.3. The molecule has 2 heterocycles. The van der Waals surface area contributed by atoms with Crippen LogP contribution in [0, 0.1) is 11.8 Å². The number of likely N-dealkylation sites (tertiary alicyclic amines) is 2. The van der Waals surface area contributed by atoms with Crippen LogP contribution in [0.2, 0.25) is 0 Å². The summed E-state index contributed by atoms with van der Waals surface area (Å²) < 4.78 is 0. The van der Waals surface area contributed by atoms with Crippen molar-refractivity contribution in [2.24, 2.45) is 16.8 Å². The van der Waals surface area contributed by atoms with Crippen LogP contribution in [0.25, 0.3) is 0 Å². The van der Waals surface area contributed by atoms with Crippen molar-refractivity contribution < 1.29 is 4.79 Å². The third-order valence-corrected chi connectivity index (χ3v) is 6.57. The van der Waals surface area contributed by atoms with Crippen molar-refractivity contribution in [3.8, 4) is 0 Å². The molecule has 3 unspecified atom stereocenters. The molecule has 6 heteroatoms. The highest BCUT2D eigenvalue weighted by Gasteiger charge is 2.35. The van der Waals surface area contributed by atoms with E-state index >= 15 is 0 Å². The molecule has 154 valence electrons. The van der Waals surface area contributed by atoms with Crippen LogP contribution < -0.4 is 5.32 Å². The average molecular weight is 378 g/mol. The van der Waals surface area contributed by atoms with Gasteiger partial charge in [-0.15, -0.1) is 0 Å². The van der Waals surface area contributed by atoms with Gasteiger partial charge in [-0.1, -0.05) is 12.8 Å². The number of fused-ring (bicyclic) bond motifs is 1. The molecule has 1 saturated carbocycles. The molecule has 3 fully saturated rings. The second-order valence-corrected chi connectivity index (χ2v) is 8.73. The quantitative estimate of drug-likeness (QED) is 0.437. The number of carbonyl (C=O) groups is 1. The Labute approximate surface area is 165 Å². The van der Waals surface area contributed by atoms with Crippen LogP contribution in [0.4, 0.5) is 0 Å². The zero-order valence-corrected chi connectivity index (χ0v) is 17.6. The summed E-state index contributed by atoms with van der Waals surface area (Å²) in [5, 5.41) is 3.51. The van der Waals surface area contributed by atoms with Gasteiger partial charge in [0, 0.05) is 46.8 Å². The van der Waals surface area contributed by atoms with Crippen molar-refractivity contribution >= 4 is 11.9 Å². The lowest BCUT2D eigenvalue weighted by molar-refractivity contribution is -0.133. The van der Waals surface area contributed by atoms with Gasteiger partial charge in [-0.25, -0.2) is 0 Å². The van der Waals surface area contributed by atoms with Gasteiger partial charge in [0.1, 0.15) is 0 Å². The maximum absolute atomic E-state index is 12.3. The molecule has 0 aromatic carbocycles. The van der Waals surface area contributed by atoms with Gasteiger partial charge in [-0.3, -0.25) is 14.7 Å². The summed E-state index contributed by atoms with van der Waals surface area (Å²) in [6, 6.07) is 0.0823. The number of likely N-dealkylation sites (N-methyl/N-ethyl adjacent to an activating group) is 1. The summed E-state index contributed by atoms with van der Waals surface area (Å²) in [6.07, 6.45) is 8.77. The van der Waals surface area contributed by atoms with Gasteiger partial charge in [0.05, 0.1) is 6.04 Å². The normalized spacial score (nSPS) is 29.1. The molecule has 2 saturated heterocycles. The van der Waals surface area contributed by atoms with Gasteiger partial charge < -0.3 is 15.1 Å². The summed E-state index contributed by atoms with van der Waals surface area (Å²) in [5.74, 6) is 3.12. The Morgan fingerprint density at radius 2 is 1.81 bits per heavy atom. The molecule has 1 N–H and O–H groups in total. The minimum atomic E-state index is 0.0823. The number of rotatable bonds is 6. The monoisotopic (exact) mass is 377 g/mol. The molecule has 0 aromatic rings. The van der Waals surface area contributed by atoms with E-state index in [-0.39, 0.29) is 11.9 Å². The smallest absolute Gasteiger partial charge is 0.239 e. The second-order valence-electron chi connectivity index (χ2n) is 8.73. The Balaban J connectivity index is 1.48. The van der Waals surface area contributed by atoms with E-state index in [4.69, 9.17) is 4.99 Å². The highest BCUT2D eigenvalue weighted by atomic mass is 16.2. The van der Waals surface area contributed by atoms with Crippen LogP contribution in [0.1, 0.15) is 51.9 Å². The summed E-state index contributed by atoms with van der Waals surface area (Å²) in [5.41, 5.74) is 0. The van der Waals surface area contributed by atoms with Crippen molar-refractivity contribution in [3.05, 3.63) is 0 Å². The molecular formula is C21H39N5O. The molecule has 27 heavy (non-hydrogen) atoms. The Bertz CT molecular complexity index is 507. The predicted octanol–water partition coefficient (Wildman–Crippen LogP) is 2.02. The molecule has 2 aliphatic heterocycles. The first-order chi connectivity index (χ1) is 13.1. The molecule has 0 aromatic heterocycles. The van der Waals surface area contributed by atoms with Gasteiger partial charge in [0.15, 0.2) is 5.96 Å². The van der Waals surface area contributed by atoms with Gasteiger partial charge in [-0.2, -0.15) is 0 Å². The van der Waals surface area contributed by atoms with Crippen molar-refractivity contribution in [1.82, 2.24) is 20.0 Å². The van der Waals surface area contributed by atoms with Gasteiger partial charge in [0.25, 0.3) is 0 Å². The predicted molar refractivity (Wildman–Crippen MR) is 111 cm³/mol. The first-order valence-electron chi connectivity index (χ1n) is 11.1. The van der Waals surface area contributed by atoms with Crippen LogP contribution in [0.5, 0.6) is 0 Å². The van der Waals surface area contributed by atoms with Crippen LogP contribution in [0.3, 0.4) is 0 Å². The molecule has 3 rings (SSSR count). The maximum Gasteiger partial charge on any atom is 0.239 e. The van der Waals surface area contributed by atoms with E-state index in [1.54, 1.807) is 4.90 Å². The van der Waals surface area contributed by atoms with Gasteiger partial charge >= 0.3 is 0 Å². The molecule has 1 amide bonds. The standard InChI is InChI=1S/C21H39N5O/c1-4-22-21(26-15-17-9-5-6-10-18(17)16-26)23-12-8-14-25-13-7-11-19(25)20(27)24(2)3/h17-19H,4-16H2,1-3H3,(H,22,23). The third kappa shape index (κ3) is 5.15. The first-order valence-corrected chi connectivity index (χ1v) is 11.1. The Morgan fingerprint density at radius 1 is 1.11 bits per heavy atom. The number of guanidine groups is 1. The number of aliphatic imine (C=N–C) groups is 1. The zero-order valence-electron chi connectivity index (χ0n) is 17.6. The Morgan fingerprint density at radius 3 is 2.44 bits per heavy atom. The van der Waals surface area contributed by atoms with E-state index in [1.807, 2.05) is 14.1 Å². The number of nitrogens with one attached hydrogen (secondary N) is 1. The van der Waals surface area contributed by atoms with E-state index in [9.17, 15) is 4.79 Å². The van der Waals surface area contributed by atoms with Crippen molar-refractivity contribution in [3.63, 3.8) is 0 Å². The lowest BCUT2D eigenvalue weighted by atomic mass is 9.82. The fourth-order valence-corrected chi connectivity index (χ4v) is 5.13. The number of nitrogens with zero attached hydrogens (tertiary/aromatic N) is 4. The molecular weight excluding hydrogens is 338 g/mol.